The molecule has 6 heterocycles. The number of likely N-dealkylation sites (tertiary alicyclic amines) is 2. The molecule has 0 atom stereocenters. The molecule has 0 unspecified atom stereocenters. The molecule has 2 amide bonds. The summed E-state index contributed by atoms with van der Waals surface area (Å²) in [4.78, 5) is 61.9. The maximum absolute atomic E-state index is 13.1. The lowest BCUT2D eigenvalue weighted by molar-refractivity contribution is -0.136. The number of carbonyl (C=O) groups is 4. The van der Waals surface area contributed by atoms with E-state index in [-0.39, 0.29) is 75.6 Å². The Balaban J connectivity index is 0.000000219. The van der Waals surface area contributed by atoms with E-state index in [0.717, 1.165) is 137 Å². The first-order chi connectivity index (χ1) is 31.8. The number of fused-ring (bicyclic) bond motifs is 2. The molecule has 0 spiro atoms. The van der Waals surface area contributed by atoms with Gasteiger partial charge in [-0.1, -0.05) is 107 Å². The van der Waals surface area contributed by atoms with Crippen molar-refractivity contribution in [1.29, 1.82) is 0 Å². The van der Waals surface area contributed by atoms with Gasteiger partial charge in [-0.25, -0.2) is 0 Å². The van der Waals surface area contributed by atoms with Crippen LogP contribution in [-0.2, 0) is 41.5 Å². The number of anilines is 3. The second kappa shape index (κ2) is 28.2. The van der Waals surface area contributed by atoms with Crippen molar-refractivity contribution in [3.63, 3.8) is 0 Å². The molecule has 4 saturated heterocycles. The summed E-state index contributed by atoms with van der Waals surface area (Å²) in [6, 6.07) is 13.9. The molecule has 10 rings (SSSR count). The van der Waals surface area contributed by atoms with Gasteiger partial charge < -0.3 is 39.3 Å². The highest BCUT2D eigenvalue weighted by Crippen LogP contribution is 2.37. The summed E-state index contributed by atoms with van der Waals surface area (Å²) >= 11 is 3.52. The minimum atomic E-state index is -0.315. The first kappa shape index (κ1) is 56.0. The van der Waals surface area contributed by atoms with Crippen molar-refractivity contribution < 1.29 is 28.7 Å². The van der Waals surface area contributed by atoms with Crippen LogP contribution < -0.4 is 20.0 Å². The van der Waals surface area contributed by atoms with E-state index in [1.807, 2.05) is 23.1 Å². The third kappa shape index (κ3) is 14.6. The first-order valence-corrected chi connectivity index (χ1v) is 26.4. The second-order valence-corrected chi connectivity index (χ2v) is 20.5. The Morgan fingerprint density at radius 2 is 0.897 bits per heavy atom. The topological polar surface area (TPSA) is 115 Å². The van der Waals surface area contributed by atoms with Gasteiger partial charge in [-0.15, -0.1) is 12.4 Å². The van der Waals surface area contributed by atoms with Crippen LogP contribution in [0.15, 0.2) is 40.9 Å². The van der Waals surface area contributed by atoms with Crippen molar-refractivity contribution in [1.82, 2.24) is 15.1 Å². The van der Waals surface area contributed by atoms with Crippen molar-refractivity contribution in [2.24, 2.45) is 0 Å². The summed E-state index contributed by atoms with van der Waals surface area (Å²) in [5, 5.41) is 3.16. The molecular weight excluding hydrogens is 944 g/mol. The van der Waals surface area contributed by atoms with Crippen molar-refractivity contribution in [2.75, 3.05) is 93.5 Å². The molecule has 0 bridgehead atoms. The van der Waals surface area contributed by atoms with E-state index < -0.39 is 0 Å². The van der Waals surface area contributed by atoms with Gasteiger partial charge in [0.25, 0.3) is 11.8 Å². The monoisotopic (exact) mass is 1030 g/mol. The Kier molecular flexibility index (Phi) is 23.2. The van der Waals surface area contributed by atoms with Gasteiger partial charge >= 0.3 is 0 Å². The van der Waals surface area contributed by atoms with Gasteiger partial charge in [-0.3, -0.25) is 19.2 Å². The van der Waals surface area contributed by atoms with Gasteiger partial charge in [-0.2, -0.15) is 0 Å². The fourth-order valence-corrected chi connectivity index (χ4v) is 12.0. The van der Waals surface area contributed by atoms with Crippen LogP contribution in [0.1, 0.15) is 142 Å². The van der Waals surface area contributed by atoms with Crippen LogP contribution in [0.5, 0.6) is 0 Å². The third-order valence-electron chi connectivity index (χ3n) is 15.4. The highest BCUT2D eigenvalue weighted by Gasteiger charge is 2.40. The third-order valence-corrected chi connectivity index (χ3v) is 15.9. The van der Waals surface area contributed by atoms with Crippen LogP contribution in [0.2, 0.25) is 0 Å². The molecule has 0 radical (unpaired) electrons. The minimum absolute atomic E-state index is 0. The smallest absolute Gasteiger partial charge is 0.294 e. The predicted molar refractivity (Wildman–Crippen MR) is 282 cm³/mol. The normalized spacial score (nSPS) is 23.3. The molecule has 0 aromatic heterocycles. The molecule has 68 heavy (non-hydrogen) atoms. The number of ketones is 2. The van der Waals surface area contributed by atoms with Gasteiger partial charge in [0.05, 0.1) is 32.1 Å². The summed E-state index contributed by atoms with van der Waals surface area (Å²) in [6.07, 6.45) is 23.3. The lowest BCUT2D eigenvalue weighted by Crippen LogP contribution is -2.53. The summed E-state index contributed by atoms with van der Waals surface area (Å²) in [5.74, 6) is -1.16. The van der Waals surface area contributed by atoms with Gasteiger partial charge in [0.2, 0.25) is 11.6 Å². The number of halogens is 2. The van der Waals surface area contributed by atoms with Gasteiger partial charge in [-0.05, 0) is 86.8 Å². The Bertz CT molecular complexity index is 1890. The number of nitrogens with one attached hydrogen (secondary N) is 1. The maximum Gasteiger partial charge on any atom is 0.294 e. The number of Topliss-reactive ketones (excluding diaryl/α,β-unsaturated/α-hetero) is 2. The van der Waals surface area contributed by atoms with Crippen molar-refractivity contribution in [2.45, 2.75) is 167 Å². The largest absolute Gasteiger partial charge is 0.379 e. The molecule has 8 aliphatic rings. The van der Waals surface area contributed by atoms with Gasteiger partial charge in [0.15, 0.2) is 0 Å². The zero-order valence-corrected chi connectivity index (χ0v) is 41.8. The molecule has 2 saturated carbocycles. The molecule has 12 nitrogen and oxygen atoms in total. The number of ether oxygens (including phenoxy) is 2. The van der Waals surface area contributed by atoms with Gasteiger partial charge in [0, 0.05) is 105 Å². The number of nitrogens with zero attached hydrogens (tertiary/aromatic N) is 5. The molecule has 2 aromatic rings. The Labute approximate surface area is 423 Å². The van der Waals surface area contributed by atoms with Crippen molar-refractivity contribution in [3.8, 4) is 0 Å². The maximum atomic E-state index is 13.1. The van der Waals surface area contributed by atoms with Gasteiger partial charge in [0.1, 0.15) is 0 Å². The average molecular weight is 1030 g/mol. The van der Waals surface area contributed by atoms with Crippen molar-refractivity contribution in [3.05, 3.63) is 52.0 Å². The molecule has 6 aliphatic heterocycles. The van der Waals surface area contributed by atoms with E-state index in [2.05, 4.69) is 54.1 Å². The van der Waals surface area contributed by atoms with Crippen LogP contribution in [-0.4, -0.2) is 136 Å². The lowest BCUT2D eigenvalue weighted by Gasteiger charge is -2.43. The number of hydrogen-bond acceptors (Lipinski definition) is 10. The Morgan fingerprint density at radius 3 is 1.32 bits per heavy atom. The SMILES string of the molecule is C.C.C1COCCN1.Cl.O=C1Cc2ccc(Br)cc2N(C2CCN(C3CCCCCCC3)CC2)C1=O.O=C1Cc2ccc(N3CCOCC3)cc2N(C2CCN(C3CCCCCCC3)CC2)C1=O. The highest BCUT2D eigenvalue weighted by molar-refractivity contribution is 9.10. The molecule has 2 aliphatic carbocycles. The summed E-state index contributed by atoms with van der Waals surface area (Å²) < 4.78 is 11.5. The fraction of sp³-hybridized carbons (Fsp3) is 0.704. The van der Waals surface area contributed by atoms with E-state index in [1.165, 1.54) is 89.9 Å². The number of hydrogen-bond donors (Lipinski definition) is 1. The number of piperidine rings is 2. The van der Waals surface area contributed by atoms with E-state index in [4.69, 9.17) is 9.47 Å². The molecule has 380 valence electrons. The number of amides is 2. The molecule has 1 N–H and O–H groups in total. The van der Waals surface area contributed by atoms with Crippen LogP contribution in [0, 0.1) is 0 Å². The number of benzene rings is 2. The Morgan fingerprint density at radius 1 is 0.485 bits per heavy atom. The van der Waals surface area contributed by atoms with E-state index in [0.29, 0.717) is 12.1 Å². The van der Waals surface area contributed by atoms with E-state index in [9.17, 15) is 19.2 Å². The quantitative estimate of drug-likeness (QED) is 0.291. The standard InChI is InChI=1S/C26H37N3O3.C22H29BrN2O2.C4H9NO.2CH4.ClH/c30-25-18-20-8-9-23(28-14-16-32-17-15-28)19-24(20)29(26(25)31)22-10-12-27(13-11-22)21-6-4-2-1-3-5-7-21;23-17-9-8-16-14-21(26)22(27)25(20(16)15-17)19-10-12-24(13-11-19)18-6-4-2-1-3-5-7-18;1-3-6-4-2-5-1;;;/h8-9,19,21-22H,1-7,10-18H2;8-9,15,18-19H,1-7,10-14H2;5H,1-4H2;2*1H4;1H. The van der Waals surface area contributed by atoms with E-state index >= 15 is 0 Å². The number of morpholine rings is 2. The first-order valence-electron chi connectivity index (χ1n) is 25.6. The molecule has 2 aromatic carbocycles. The average Bonchev–Trinajstić information content (AvgIpc) is 3.31. The lowest BCUT2D eigenvalue weighted by atomic mass is 9.91. The highest BCUT2D eigenvalue weighted by atomic mass is 79.9. The summed E-state index contributed by atoms with van der Waals surface area (Å²) in [6.45, 7) is 11.2. The fourth-order valence-electron chi connectivity index (χ4n) is 11.7. The van der Waals surface area contributed by atoms with E-state index in [1.54, 1.807) is 4.90 Å². The zero-order chi connectivity index (χ0) is 45.0. The minimum Gasteiger partial charge on any atom is -0.379 e. The molecule has 14 heteroatoms. The second-order valence-electron chi connectivity index (χ2n) is 19.6. The number of carbonyl (C=O) groups excluding carboxylic acids is 4. The van der Waals surface area contributed by atoms with Crippen LogP contribution in [0.4, 0.5) is 17.1 Å². The van der Waals surface area contributed by atoms with Crippen LogP contribution >= 0.6 is 28.3 Å². The predicted octanol–water partition coefficient (Wildman–Crippen LogP) is 9.34. The summed E-state index contributed by atoms with van der Waals surface area (Å²) in [5.41, 5.74) is 4.99. The zero-order valence-electron chi connectivity index (χ0n) is 39.4. The summed E-state index contributed by atoms with van der Waals surface area (Å²) in [7, 11) is 0. The van der Waals surface area contributed by atoms with Crippen molar-refractivity contribution >= 4 is 68.8 Å². The molecular formula is C54H84BrClN6O6. The van der Waals surface area contributed by atoms with Crippen LogP contribution in [0.3, 0.4) is 0 Å². The molecule has 6 fully saturated rings. The van der Waals surface area contributed by atoms with Crippen LogP contribution in [0.25, 0.3) is 0 Å². The number of rotatable bonds is 5. The Hall–Kier alpha value is -2.91.